The highest BCUT2D eigenvalue weighted by molar-refractivity contribution is 7.92. The molecule has 1 fully saturated rings. The summed E-state index contributed by atoms with van der Waals surface area (Å²) in [6, 6.07) is 4.81. The van der Waals surface area contributed by atoms with Crippen LogP contribution >= 0.6 is 0 Å². The lowest BCUT2D eigenvalue weighted by Gasteiger charge is -2.32. The van der Waals surface area contributed by atoms with E-state index in [2.05, 4.69) is 0 Å². The Kier molecular flexibility index (Phi) is 3.73. The summed E-state index contributed by atoms with van der Waals surface area (Å²) in [5.41, 5.74) is 5.93. The Morgan fingerprint density at radius 3 is 2.72 bits per heavy atom. The van der Waals surface area contributed by atoms with E-state index in [1.165, 1.54) is 18.2 Å². The number of hydrogen-bond donors (Lipinski definition) is 1. The number of rotatable bonds is 2. The zero-order valence-electron chi connectivity index (χ0n) is 10.3. The Balaban J connectivity index is 2.35. The molecule has 0 radical (unpaired) electrons. The normalized spacial score (nSPS) is 29.2. The van der Waals surface area contributed by atoms with E-state index in [4.69, 9.17) is 5.73 Å². The van der Waals surface area contributed by atoms with E-state index in [-0.39, 0.29) is 10.9 Å². The minimum atomic E-state index is -3.53. The van der Waals surface area contributed by atoms with Crippen molar-refractivity contribution < 1.29 is 12.8 Å². The molecule has 1 saturated carbocycles. The van der Waals surface area contributed by atoms with Crippen molar-refractivity contribution in [2.24, 2.45) is 11.7 Å². The predicted octanol–water partition coefficient (Wildman–Crippen LogP) is 2.12. The van der Waals surface area contributed by atoms with E-state index in [0.717, 1.165) is 12.5 Å². The largest absolute Gasteiger partial charge is 0.327 e. The third-order valence-corrected chi connectivity index (χ3v) is 5.88. The smallest absolute Gasteiger partial charge is 0.182 e. The molecule has 0 saturated heterocycles. The summed E-state index contributed by atoms with van der Waals surface area (Å²) in [6.45, 7) is 2.03. The number of nitrogens with two attached hydrogens (primary N) is 1. The third kappa shape index (κ3) is 2.57. The Morgan fingerprint density at radius 1 is 1.33 bits per heavy atom. The van der Waals surface area contributed by atoms with Gasteiger partial charge in [0.2, 0.25) is 0 Å². The molecule has 100 valence electrons. The van der Waals surface area contributed by atoms with Gasteiger partial charge in [-0.15, -0.1) is 0 Å². The SMILES string of the molecule is CC1CCC(N)C(S(=O)(=O)c2cccc(F)c2)C1. The summed E-state index contributed by atoms with van der Waals surface area (Å²) >= 11 is 0. The highest BCUT2D eigenvalue weighted by Crippen LogP contribution is 2.31. The van der Waals surface area contributed by atoms with Crippen LogP contribution in [-0.2, 0) is 9.84 Å². The van der Waals surface area contributed by atoms with E-state index < -0.39 is 20.9 Å². The Morgan fingerprint density at radius 2 is 2.06 bits per heavy atom. The van der Waals surface area contributed by atoms with Gasteiger partial charge in [0.25, 0.3) is 0 Å². The number of hydrogen-bond acceptors (Lipinski definition) is 3. The summed E-state index contributed by atoms with van der Waals surface area (Å²) in [5, 5.41) is -0.594. The molecule has 0 amide bonds. The summed E-state index contributed by atoms with van der Waals surface area (Å²) in [6.07, 6.45) is 2.22. The van der Waals surface area contributed by atoms with Crippen LogP contribution in [0.1, 0.15) is 26.2 Å². The molecule has 18 heavy (non-hydrogen) atoms. The third-order valence-electron chi connectivity index (χ3n) is 3.63. The fraction of sp³-hybridized carbons (Fsp3) is 0.538. The van der Waals surface area contributed by atoms with E-state index in [1.54, 1.807) is 0 Å². The van der Waals surface area contributed by atoms with E-state index in [0.29, 0.717) is 18.8 Å². The number of halogens is 1. The first-order valence-electron chi connectivity index (χ1n) is 6.16. The maximum atomic E-state index is 13.1. The van der Waals surface area contributed by atoms with E-state index in [1.807, 2.05) is 6.92 Å². The second kappa shape index (κ2) is 4.97. The van der Waals surface area contributed by atoms with Gasteiger partial charge in [-0.1, -0.05) is 13.0 Å². The maximum absolute atomic E-state index is 13.1. The molecule has 3 nitrogen and oxygen atoms in total. The van der Waals surface area contributed by atoms with Gasteiger partial charge in [0.15, 0.2) is 9.84 Å². The van der Waals surface area contributed by atoms with Crippen LogP contribution in [0.5, 0.6) is 0 Å². The van der Waals surface area contributed by atoms with Crippen molar-refractivity contribution in [3.05, 3.63) is 30.1 Å². The average molecular weight is 271 g/mol. The van der Waals surface area contributed by atoms with Crippen LogP contribution in [0.4, 0.5) is 4.39 Å². The van der Waals surface area contributed by atoms with Gasteiger partial charge in [-0.05, 0) is 43.4 Å². The van der Waals surface area contributed by atoms with Crippen LogP contribution < -0.4 is 5.73 Å². The molecule has 3 atom stereocenters. The Labute approximate surface area is 107 Å². The van der Waals surface area contributed by atoms with Crippen molar-refractivity contribution in [3.63, 3.8) is 0 Å². The standard InChI is InChI=1S/C13H18FNO2S/c1-9-5-6-12(15)13(7-9)18(16,17)11-4-2-3-10(14)8-11/h2-4,8-9,12-13H,5-7,15H2,1H3. The molecule has 1 aliphatic carbocycles. The van der Waals surface area contributed by atoms with Crippen molar-refractivity contribution in [1.29, 1.82) is 0 Å². The van der Waals surface area contributed by atoms with Crippen molar-refractivity contribution in [2.75, 3.05) is 0 Å². The summed E-state index contributed by atoms with van der Waals surface area (Å²) < 4.78 is 38.0. The van der Waals surface area contributed by atoms with Crippen LogP contribution in [0.15, 0.2) is 29.2 Å². The van der Waals surface area contributed by atoms with Crippen LogP contribution in [0, 0.1) is 11.7 Å². The Hall–Kier alpha value is -0.940. The molecule has 1 aromatic carbocycles. The van der Waals surface area contributed by atoms with Crippen molar-refractivity contribution in [3.8, 4) is 0 Å². The van der Waals surface area contributed by atoms with Crippen molar-refractivity contribution >= 4 is 9.84 Å². The molecule has 0 heterocycles. The summed E-state index contributed by atoms with van der Waals surface area (Å²) in [7, 11) is -3.53. The van der Waals surface area contributed by atoms with E-state index in [9.17, 15) is 12.8 Å². The lowest BCUT2D eigenvalue weighted by Crippen LogP contribution is -2.44. The van der Waals surface area contributed by atoms with Gasteiger partial charge in [-0.25, -0.2) is 12.8 Å². The highest BCUT2D eigenvalue weighted by atomic mass is 32.2. The molecule has 0 aliphatic heterocycles. The molecule has 5 heteroatoms. The second-order valence-corrected chi connectivity index (χ2v) is 7.29. The van der Waals surface area contributed by atoms with Crippen molar-refractivity contribution in [1.82, 2.24) is 0 Å². The van der Waals surface area contributed by atoms with Crippen LogP contribution in [0.2, 0.25) is 0 Å². The molecular formula is C13H18FNO2S. The lowest BCUT2D eigenvalue weighted by molar-refractivity contribution is 0.346. The van der Waals surface area contributed by atoms with Crippen molar-refractivity contribution in [2.45, 2.75) is 42.4 Å². The number of benzene rings is 1. The van der Waals surface area contributed by atoms with Crippen LogP contribution in [0.25, 0.3) is 0 Å². The monoisotopic (exact) mass is 271 g/mol. The molecule has 1 aromatic rings. The second-order valence-electron chi connectivity index (χ2n) is 5.12. The molecule has 0 bridgehead atoms. The van der Waals surface area contributed by atoms with Gasteiger partial charge in [0.05, 0.1) is 10.1 Å². The maximum Gasteiger partial charge on any atom is 0.182 e. The number of sulfone groups is 1. The quantitative estimate of drug-likeness (QED) is 0.896. The first-order valence-corrected chi connectivity index (χ1v) is 7.71. The zero-order chi connectivity index (χ0) is 13.3. The van der Waals surface area contributed by atoms with Gasteiger partial charge in [-0.2, -0.15) is 0 Å². The average Bonchev–Trinajstić information content (AvgIpc) is 2.32. The minimum absolute atomic E-state index is 0.0389. The summed E-state index contributed by atoms with van der Waals surface area (Å²) in [4.78, 5) is 0.0389. The molecule has 2 rings (SSSR count). The van der Waals surface area contributed by atoms with Crippen LogP contribution in [-0.4, -0.2) is 19.7 Å². The fourth-order valence-corrected chi connectivity index (χ4v) is 4.60. The van der Waals surface area contributed by atoms with E-state index >= 15 is 0 Å². The minimum Gasteiger partial charge on any atom is -0.327 e. The molecule has 3 unspecified atom stereocenters. The van der Waals surface area contributed by atoms with Gasteiger partial charge < -0.3 is 5.73 Å². The fourth-order valence-electron chi connectivity index (χ4n) is 2.53. The predicted molar refractivity (Wildman–Crippen MR) is 68.4 cm³/mol. The highest BCUT2D eigenvalue weighted by Gasteiger charge is 2.36. The van der Waals surface area contributed by atoms with Gasteiger partial charge in [0, 0.05) is 6.04 Å². The first-order chi connectivity index (χ1) is 8.41. The lowest BCUT2D eigenvalue weighted by atomic mass is 9.87. The Bertz CT molecular complexity index is 530. The first kappa shape index (κ1) is 13.5. The molecule has 2 N–H and O–H groups in total. The molecule has 0 aromatic heterocycles. The molecule has 1 aliphatic rings. The van der Waals surface area contributed by atoms with Gasteiger partial charge in [-0.3, -0.25) is 0 Å². The molecule has 0 spiro atoms. The zero-order valence-corrected chi connectivity index (χ0v) is 11.2. The topological polar surface area (TPSA) is 60.2 Å². The molecular weight excluding hydrogens is 253 g/mol. The summed E-state index contributed by atoms with van der Waals surface area (Å²) in [5.74, 6) is -0.188. The van der Waals surface area contributed by atoms with Gasteiger partial charge in [0.1, 0.15) is 5.82 Å². The van der Waals surface area contributed by atoms with Crippen LogP contribution in [0.3, 0.4) is 0 Å². The van der Waals surface area contributed by atoms with Gasteiger partial charge >= 0.3 is 0 Å².